The number of nitrogens with zero attached hydrogens (tertiary/aromatic N) is 2. The summed E-state index contributed by atoms with van der Waals surface area (Å²) in [6.07, 6.45) is 0. The molecule has 1 aliphatic rings. The van der Waals surface area contributed by atoms with Gasteiger partial charge in [0.1, 0.15) is 6.54 Å². The highest BCUT2D eigenvalue weighted by Gasteiger charge is 2.27. The van der Waals surface area contributed by atoms with Crippen LogP contribution in [0.2, 0.25) is 0 Å². The van der Waals surface area contributed by atoms with E-state index in [9.17, 15) is 4.79 Å². The number of ether oxygens (including phenoxy) is 2. The molecule has 1 amide bonds. The van der Waals surface area contributed by atoms with E-state index in [0.29, 0.717) is 18.0 Å². The van der Waals surface area contributed by atoms with Crippen molar-refractivity contribution < 1.29 is 14.3 Å². The van der Waals surface area contributed by atoms with Gasteiger partial charge in [-0.2, -0.15) is 0 Å². The molecule has 3 aromatic carbocycles. The van der Waals surface area contributed by atoms with Gasteiger partial charge in [0, 0.05) is 17.2 Å². The fourth-order valence-corrected chi connectivity index (χ4v) is 3.51. The van der Waals surface area contributed by atoms with Gasteiger partial charge in [0.25, 0.3) is 0 Å². The van der Waals surface area contributed by atoms with Crippen molar-refractivity contribution in [1.82, 2.24) is 0 Å². The molecule has 3 aromatic rings. The van der Waals surface area contributed by atoms with Gasteiger partial charge in [-0.15, -0.1) is 0 Å². The first-order valence-electron chi connectivity index (χ1n) is 9.42. The van der Waals surface area contributed by atoms with Crippen molar-refractivity contribution in [3.63, 3.8) is 0 Å². The molecule has 0 spiro atoms. The number of hydrogen-bond donors (Lipinski definition) is 0. The van der Waals surface area contributed by atoms with Crippen LogP contribution in [0, 0.1) is 0 Å². The molecule has 5 heteroatoms. The second-order valence-electron chi connectivity index (χ2n) is 6.72. The van der Waals surface area contributed by atoms with Gasteiger partial charge in [-0.05, 0) is 11.6 Å². The fourth-order valence-electron chi connectivity index (χ4n) is 3.51. The molecule has 4 rings (SSSR count). The number of carbonyl (C=O) groups excluding carboxylic acids is 1. The number of rotatable bonds is 5. The second kappa shape index (κ2) is 8.19. The van der Waals surface area contributed by atoms with Gasteiger partial charge in [0.2, 0.25) is 5.91 Å². The molecule has 0 radical (unpaired) electrons. The lowest BCUT2D eigenvalue weighted by Gasteiger charge is -2.24. The van der Waals surface area contributed by atoms with Crippen LogP contribution in [0.1, 0.15) is 16.7 Å². The Morgan fingerprint density at radius 1 is 0.897 bits per heavy atom. The summed E-state index contributed by atoms with van der Waals surface area (Å²) in [5, 5.41) is 0. The lowest BCUT2D eigenvalue weighted by Crippen LogP contribution is -2.32. The van der Waals surface area contributed by atoms with Gasteiger partial charge in [0.15, 0.2) is 11.5 Å². The van der Waals surface area contributed by atoms with Gasteiger partial charge in [0.05, 0.1) is 32.2 Å². The third-order valence-electron chi connectivity index (χ3n) is 4.95. The molecule has 0 atom stereocenters. The van der Waals surface area contributed by atoms with Gasteiger partial charge < -0.3 is 14.4 Å². The maximum atomic E-state index is 13.1. The molecular weight excluding hydrogens is 364 g/mol. The molecule has 0 N–H and O–H groups in total. The Morgan fingerprint density at radius 3 is 2.17 bits per heavy atom. The molecule has 0 saturated carbocycles. The van der Waals surface area contributed by atoms with E-state index in [4.69, 9.17) is 9.47 Å². The molecule has 0 fully saturated rings. The van der Waals surface area contributed by atoms with E-state index in [-0.39, 0.29) is 12.5 Å². The maximum absolute atomic E-state index is 13.1. The van der Waals surface area contributed by atoms with Crippen molar-refractivity contribution in [2.45, 2.75) is 6.54 Å². The Balaban J connectivity index is 1.89. The van der Waals surface area contributed by atoms with Gasteiger partial charge in [-0.25, -0.2) is 0 Å². The van der Waals surface area contributed by atoms with E-state index in [1.54, 1.807) is 19.1 Å². The summed E-state index contributed by atoms with van der Waals surface area (Å²) in [6.45, 7) is 0.538. The zero-order chi connectivity index (χ0) is 20.2. The van der Waals surface area contributed by atoms with Crippen molar-refractivity contribution in [1.29, 1.82) is 0 Å². The predicted octanol–water partition coefficient (Wildman–Crippen LogP) is 4.09. The van der Waals surface area contributed by atoms with Crippen molar-refractivity contribution in [2.24, 2.45) is 4.99 Å². The Hall–Kier alpha value is -3.60. The number of benzene rings is 3. The van der Waals surface area contributed by atoms with Crippen molar-refractivity contribution in [3.05, 3.63) is 89.5 Å². The molecule has 1 aliphatic heterocycles. The maximum Gasteiger partial charge on any atom is 0.248 e. The fraction of sp³-hybridized carbons (Fsp3) is 0.167. The summed E-state index contributed by atoms with van der Waals surface area (Å²) in [5.41, 5.74) is 4.37. The monoisotopic (exact) mass is 386 g/mol. The van der Waals surface area contributed by atoms with Crippen LogP contribution >= 0.6 is 0 Å². The molecule has 0 unspecified atom stereocenters. The average molecular weight is 386 g/mol. The van der Waals surface area contributed by atoms with Gasteiger partial charge in [-0.1, -0.05) is 60.7 Å². The topological polar surface area (TPSA) is 51.1 Å². The van der Waals surface area contributed by atoms with E-state index in [0.717, 1.165) is 28.1 Å². The summed E-state index contributed by atoms with van der Waals surface area (Å²) in [7, 11) is 3.20. The summed E-state index contributed by atoms with van der Waals surface area (Å²) in [4.78, 5) is 19.5. The number of carbonyl (C=O) groups is 1. The molecular formula is C24H22N2O3. The highest BCUT2D eigenvalue weighted by Crippen LogP contribution is 2.38. The zero-order valence-corrected chi connectivity index (χ0v) is 16.5. The highest BCUT2D eigenvalue weighted by atomic mass is 16.5. The number of aliphatic imine (C=N–C) groups is 1. The highest BCUT2D eigenvalue weighted by molar-refractivity contribution is 6.20. The third kappa shape index (κ3) is 3.72. The smallest absolute Gasteiger partial charge is 0.248 e. The lowest BCUT2D eigenvalue weighted by molar-refractivity contribution is -0.117. The van der Waals surface area contributed by atoms with E-state index in [1.807, 2.05) is 72.8 Å². The van der Waals surface area contributed by atoms with Crippen LogP contribution in [0.25, 0.3) is 0 Å². The summed E-state index contributed by atoms with van der Waals surface area (Å²) in [6, 6.07) is 23.6. The van der Waals surface area contributed by atoms with Crippen molar-refractivity contribution in [2.75, 3.05) is 25.7 Å². The quantitative estimate of drug-likeness (QED) is 0.664. The molecule has 0 aliphatic carbocycles. The van der Waals surface area contributed by atoms with Crippen LogP contribution in [0.15, 0.2) is 77.8 Å². The van der Waals surface area contributed by atoms with Crippen LogP contribution in [0.3, 0.4) is 0 Å². The molecule has 29 heavy (non-hydrogen) atoms. The summed E-state index contributed by atoms with van der Waals surface area (Å²) < 4.78 is 11.0. The Labute approximate surface area is 170 Å². The predicted molar refractivity (Wildman–Crippen MR) is 114 cm³/mol. The number of amides is 1. The second-order valence-corrected chi connectivity index (χ2v) is 6.72. The number of fused-ring (bicyclic) bond motifs is 1. The number of anilines is 1. The lowest BCUT2D eigenvalue weighted by atomic mass is 9.99. The molecule has 5 nitrogen and oxygen atoms in total. The van der Waals surface area contributed by atoms with Crippen LogP contribution < -0.4 is 14.4 Å². The van der Waals surface area contributed by atoms with Gasteiger partial charge in [-0.3, -0.25) is 9.79 Å². The minimum Gasteiger partial charge on any atom is -0.493 e. The number of methoxy groups -OCH3 is 2. The Kier molecular flexibility index (Phi) is 5.29. The molecule has 0 saturated heterocycles. The van der Waals surface area contributed by atoms with Crippen molar-refractivity contribution >= 4 is 17.3 Å². The zero-order valence-electron chi connectivity index (χ0n) is 16.5. The van der Waals surface area contributed by atoms with E-state index in [1.165, 1.54) is 0 Å². The first-order chi connectivity index (χ1) is 14.2. The molecule has 1 heterocycles. The standard InChI is InChI=1S/C24H22N2O3/c1-28-21-13-19-20(14-22(21)29-2)26(16-17-9-5-3-6-10-17)23(27)15-25-24(19)18-11-7-4-8-12-18/h3-14H,15-16H2,1-2H3. The SMILES string of the molecule is COc1cc2c(cc1OC)N(Cc1ccccc1)C(=O)CN=C2c1ccccc1. The number of hydrogen-bond acceptors (Lipinski definition) is 4. The molecule has 0 bridgehead atoms. The first kappa shape index (κ1) is 18.7. The van der Waals surface area contributed by atoms with Crippen LogP contribution in [0.4, 0.5) is 5.69 Å². The summed E-state index contributed by atoms with van der Waals surface area (Å²) in [5.74, 6) is 1.11. The largest absolute Gasteiger partial charge is 0.493 e. The average Bonchev–Trinajstić information content (AvgIpc) is 2.90. The number of benzodiazepines with no additional fused rings is 1. The van der Waals surface area contributed by atoms with E-state index < -0.39 is 0 Å². The van der Waals surface area contributed by atoms with E-state index >= 15 is 0 Å². The normalized spacial score (nSPS) is 13.4. The third-order valence-corrected chi connectivity index (χ3v) is 4.95. The first-order valence-corrected chi connectivity index (χ1v) is 9.42. The summed E-state index contributed by atoms with van der Waals surface area (Å²) >= 11 is 0. The Bertz CT molecular complexity index is 1050. The minimum atomic E-state index is -0.0618. The van der Waals surface area contributed by atoms with Crippen LogP contribution in [-0.2, 0) is 11.3 Å². The molecule has 146 valence electrons. The van der Waals surface area contributed by atoms with Crippen molar-refractivity contribution in [3.8, 4) is 11.5 Å². The van der Waals surface area contributed by atoms with Gasteiger partial charge >= 0.3 is 0 Å². The van der Waals surface area contributed by atoms with Crippen LogP contribution in [0.5, 0.6) is 11.5 Å². The van der Waals surface area contributed by atoms with Crippen LogP contribution in [-0.4, -0.2) is 32.4 Å². The Morgan fingerprint density at radius 2 is 1.52 bits per heavy atom. The van der Waals surface area contributed by atoms with E-state index in [2.05, 4.69) is 4.99 Å². The minimum absolute atomic E-state index is 0.0618. The molecule has 0 aromatic heterocycles.